The van der Waals surface area contributed by atoms with Crippen LogP contribution >= 0.6 is 35.4 Å². The van der Waals surface area contributed by atoms with Gasteiger partial charge in [0, 0.05) is 16.1 Å². The lowest BCUT2D eigenvalue weighted by Crippen LogP contribution is -1.96. The normalized spacial score (nSPS) is 11.2. The molecule has 0 spiro atoms. The van der Waals surface area contributed by atoms with Crippen LogP contribution in [0.3, 0.4) is 0 Å². The van der Waals surface area contributed by atoms with E-state index < -0.39 is 0 Å². The molecule has 0 aliphatic heterocycles. The van der Waals surface area contributed by atoms with Crippen molar-refractivity contribution < 1.29 is 4.74 Å². The molecule has 1 N–H and O–H groups in total. The average Bonchev–Trinajstić information content (AvgIpc) is 2.96. The van der Waals surface area contributed by atoms with Crippen molar-refractivity contribution >= 4 is 41.6 Å². The van der Waals surface area contributed by atoms with Gasteiger partial charge in [-0.25, -0.2) is 5.10 Å². The number of halogens is 2. The summed E-state index contributed by atoms with van der Waals surface area (Å²) >= 11 is 17.3. The topological polar surface area (TPSA) is 55.2 Å². The van der Waals surface area contributed by atoms with Crippen molar-refractivity contribution in [1.29, 1.82) is 0 Å². The number of hydrogen-bond donors (Lipinski definition) is 1. The maximum atomic E-state index is 6.17. The second-order valence-corrected chi connectivity index (χ2v) is 6.26. The van der Waals surface area contributed by atoms with E-state index in [0.29, 0.717) is 27.2 Å². The van der Waals surface area contributed by atoms with Crippen LogP contribution in [0.15, 0.2) is 47.6 Å². The summed E-state index contributed by atoms with van der Waals surface area (Å²) in [5.41, 5.74) is 1.59. The van der Waals surface area contributed by atoms with E-state index in [2.05, 4.69) is 15.3 Å². The van der Waals surface area contributed by atoms with Crippen molar-refractivity contribution in [3.05, 3.63) is 62.8 Å². The molecule has 3 rings (SSSR count). The van der Waals surface area contributed by atoms with Gasteiger partial charge < -0.3 is 4.74 Å². The minimum absolute atomic E-state index is 0.380. The summed E-state index contributed by atoms with van der Waals surface area (Å²) in [6, 6.07) is 12.7. The molecule has 0 fully saturated rings. The molecule has 5 nitrogen and oxygen atoms in total. The zero-order valence-corrected chi connectivity index (χ0v) is 15.6. The fourth-order valence-corrected chi connectivity index (χ4v) is 2.82. The van der Waals surface area contributed by atoms with Crippen molar-refractivity contribution in [2.75, 3.05) is 6.61 Å². The molecule has 128 valence electrons. The molecule has 8 heteroatoms. The second kappa shape index (κ2) is 7.82. The summed E-state index contributed by atoms with van der Waals surface area (Å²) in [6.07, 6.45) is 1.61. The van der Waals surface area contributed by atoms with Crippen molar-refractivity contribution in [2.24, 2.45) is 5.10 Å². The number of aromatic amines is 1. The van der Waals surface area contributed by atoms with Crippen molar-refractivity contribution in [3.63, 3.8) is 0 Å². The highest BCUT2D eigenvalue weighted by Crippen LogP contribution is 2.22. The van der Waals surface area contributed by atoms with Crippen molar-refractivity contribution in [2.45, 2.75) is 6.92 Å². The Bertz CT molecular complexity index is 964. The van der Waals surface area contributed by atoms with E-state index in [-0.39, 0.29) is 0 Å². The van der Waals surface area contributed by atoms with Crippen LogP contribution < -0.4 is 4.74 Å². The SMILES string of the molecule is CCOc1ccc(-c2n[nH]c(=S)n2N=Cc2ccc(Cl)cc2Cl)cc1. The monoisotopic (exact) mass is 392 g/mol. The number of aromatic nitrogens is 3. The summed E-state index contributed by atoms with van der Waals surface area (Å²) in [6.45, 7) is 2.56. The molecule has 1 aromatic heterocycles. The van der Waals surface area contributed by atoms with Crippen LogP contribution in [0.25, 0.3) is 11.4 Å². The zero-order chi connectivity index (χ0) is 17.8. The zero-order valence-electron chi connectivity index (χ0n) is 13.2. The largest absolute Gasteiger partial charge is 0.494 e. The summed E-state index contributed by atoms with van der Waals surface area (Å²) in [5, 5.41) is 12.5. The Morgan fingerprint density at radius 3 is 2.68 bits per heavy atom. The molecule has 0 unspecified atom stereocenters. The van der Waals surface area contributed by atoms with Gasteiger partial charge in [0.15, 0.2) is 5.82 Å². The Hall–Kier alpha value is -2.15. The van der Waals surface area contributed by atoms with Crippen LogP contribution in [0.1, 0.15) is 12.5 Å². The van der Waals surface area contributed by atoms with Gasteiger partial charge in [-0.1, -0.05) is 29.3 Å². The van der Waals surface area contributed by atoms with Crippen molar-refractivity contribution in [1.82, 2.24) is 14.9 Å². The van der Waals surface area contributed by atoms with Gasteiger partial charge in [-0.3, -0.25) is 0 Å². The van der Waals surface area contributed by atoms with Gasteiger partial charge in [0.25, 0.3) is 0 Å². The molecule has 3 aromatic rings. The van der Waals surface area contributed by atoms with Gasteiger partial charge in [-0.05, 0) is 55.5 Å². The molecular formula is C17H14Cl2N4OS. The highest BCUT2D eigenvalue weighted by atomic mass is 35.5. The van der Waals surface area contributed by atoms with Gasteiger partial charge in [0.1, 0.15) is 5.75 Å². The standard InChI is InChI=1S/C17H14Cl2N4OS/c1-2-24-14-7-4-11(5-8-14)16-21-22-17(25)23(16)20-10-12-3-6-13(18)9-15(12)19/h3-10H,2H2,1H3,(H,22,25). The molecule has 2 aromatic carbocycles. The fourth-order valence-electron chi connectivity index (χ4n) is 2.18. The van der Waals surface area contributed by atoms with E-state index in [9.17, 15) is 0 Å². The van der Waals surface area contributed by atoms with E-state index >= 15 is 0 Å². The Balaban J connectivity index is 1.94. The van der Waals surface area contributed by atoms with E-state index in [1.54, 1.807) is 24.4 Å². The molecule has 0 bridgehead atoms. The third kappa shape index (κ3) is 4.10. The molecule has 0 saturated heterocycles. The van der Waals surface area contributed by atoms with Gasteiger partial charge in [0.05, 0.1) is 17.8 Å². The molecule has 25 heavy (non-hydrogen) atoms. The average molecular weight is 393 g/mol. The van der Waals surface area contributed by atoms with E-state index in [4.69, 9.17) is 40.2 Å². The van der Waals surface area contributed by atoms with E-state index in [0.717, 1.165) is 16.9 Å². The maximum absolute atomic E-state index is 6.17. The Morgan fingerprint density at radius 1 is 1.24 bits per heavy atom. The first kappa shape index (κ1) is 17.7. The number of nitrogens with zero attached hydrogens (tertiary/aromatic N) is 3. The number of hydrogen-bond acceptors (Lipinski definition) is 4. The van der Waals surface area contributed by atoms with Gasteiger partial charge in [-0.15, -0.1) is 0 Å². The second-order valence-electron chi connectivity index (χ2n) is 5.03. The lowest BCUT2D eigenvalue weighted by Gasteiger charge is -2.05. The molecule has 0 saturated carbocycles. The predicted octanol–water partition coefficient (Wildman–Crippen LogP) is 5.20. The summed E-state index contributed by atoms with van der Waals surface area (Å²) in [4.78, 5) is 0. The third-order valence-electron chi connectivity index (χ3n) is 3.35. The molecule has 0 aliphatic rings. The highest BCUT2D eigenvalue weighted by molar-refractivity contribution is 7.71. The number of H-pyrrole nitrogens is 1. The van der Waals surface area contributed by atoms with E-state index in [1.807, 2.05) is 31.2 Å². The minimum Gasteiger partial charge on any atom is -0.494 e. The predicted molar refractivity (Wildman–Crippen MR) is 103 cm³/mol. The van der Waals surface area contributed by atoms with E-state index in [1.165, 1.54) is 4.68 Å². The van der Waals surface area contributed by atoms with Crippen LogP contribution in [0, 0.1) is 4.77 Å². The first-order valence-corrected chi connectivity index (χ1v) is 8.65. The summed E-state index contributed by atoms with van der Waals surface area (Å²) in [7, 11) is 0. The van der Waals surface area contributed by atoms with Gasteiger partial charge >= 0.3 is 0 Å². The first-order chi connectivity index (χ1) is 12.1. The summed E-state index contributed by atoms with van der Waals surface area (Å²) in [5.74, 6) is 1.39. The summed E-state index contributed by atoms with van der Waals surface area (Å²) < 4.78 is 7.37. The number of nitrogens with one attached hydrogen (secondary N) is 1. The Kier molecular flexibility index (Phi) is 5.53. The molecule has 1 heterocycles. The first-order valence-electron chi connectivity index (χ1n) is 7.48. The van der Waals surface area contributed by atoms with Crippen LogP contribution in [0.4, 0.5) is 0 Å². The molecular weight excluding hydrogens is 379 g/mol. The Morgan fingerprint density at radius 2 is 2.00 bits per heavy atom. The molecule has 0 aliphatic carbocycles. The van der Waals surface area contributed by atoms with Crippen LogP contribution in [-0.4, -0.2) is 27.7 Å². The molecule has 0 atom stereocenters. The highest BCUT2D eigenvalue weighted by Gasteiger charge is 2.08. The Labute approximate surface area is 159 Å². The van der Waals surface area contributed by atoms with Gasteiger partial charge in [-0.2, -0.15) is 14.9 Å². The number of rotatable bonds is 5. The lowest BCUT2D eigenvalue weighted by atomic mass is 10.2. The van der Waals surface area contributed by atoms with Crippen LogP contribution in [0.2, 0.25) is 10.0 Å². The molecule has 0 amide bonds. The third-order valence-corrected chi connectivity index (χ3v) is 4.18. The lowest BCUT2D eigenvalue weighted by molar-refractivity contribution is 0.340. The molecule has 0 radical (unpaired) electrons. The van der Waals surface area contributed by atoms with Crippen LogP contribution in [0.5, 0.6) is 5.75 Å². The maximum Gasteiger partial charge on any atom is 0.216 e. The van der Waals surface area contributed by atoms with Crippen molar-refractivity contribution in [3.8, 4) is 17.1 Å². The number of benzene rings is 2. The smallest absolute Gasteiger partial charge is 0.216 e. The number of ether oxygens (including phenoxy) is 1. The minimum atomic E-state index is 0.380. The quantitative estimate of drug-likeness (QED) is 0.479. The van der Waals surface area contributed by atoms with Gasteiger partial charge in [0.2, 0.25) is 4.77 Å². The fraction of sp³-hybridized carbons (Fsp3) is 0.118. The van der Waals surface area contributed by atoms with Crippen LogP contribution in [-0.2, 0) is 0 Å².